The van der Waals surface area contributed by atoms with E-state index in [1.807, 2.05) is 0 Å². The van der Waals surface area contributed by atoms with E-state index in [2.05, 4.69) is 90.7 Å². The number of aromatic nitrogens is 2. The minimum Gasteiger partial charge on any atom is -0.416 e. The Morgan fingerprint density at radius 3 is 2.29 bits per heavy atom. The van der Waals surface area contributed by atoms with Crippen molar-refractivity contribution < 1.29 is 18.8 Å². The second-order valence-corrected chi connectivity index (χ2v) is 26.2. The van der Waals surface area contributed by atoms with E-state index in [0.29, 0.717) is 49.4 Å². The van der Waals surface area contributed by atoms with Gasteiger partial charge in [0.15, 0.2) is 8.32 Å². The molecule has 2 heterocycles. The smallest absolute Gasteiger partial charge is 0.208 e. The van der Waals surface area contributed by atoms with Crippen LogP contribution in [0.2, 0.25) is 39.1 Å². The maximum atomic E-state index is 13.5. The van der Waals surface area contributed by atoms with Crippen LogP contribution in [0.15, 0.2) is 18.6 Å². The molecule has 0 unspecified atom stereocenters. The Labute approximate surface area is 264 Å². The van der Waals surface area contributed by atoms with Crippen LogP contribution in [-0.2, 0) is 15.5 Å². The number of nitrogens with one attached hydrogen (secondary N) is 1. The SMILES string of the molecule is CC(C)[Si](O[C@H]1C[C@H](Nc2ncncc2C(=O)c2cc(CO)c(Cl)s2)C[C@@H]1CO[Si](C)(C)C(C)(C)C)(C(C)C)C(C)C. The molecule has 0 aromatic carbocycles. The van der Waals surface area contributed by atoms with Crippen molar-refractivity contribution in [1.29, 1.82) is 0 Å². The first-order valence-corrected chi connectivity index (χ1v) is 21.5. The van der Waals surface area contributed by atoms with E-state index in [-0.39, 0.29) is 35.5 Å². The molecule has 2 aromatic heterocycles. The average Bonchev–Trinajstić information content (AvgIpc) is 3.46. The average molecular weight is 654 g/mol. The lowest BCUT2D eigenvalue weighted by Gasteiger charge is -2.45. The molecule has 0 amide bonds. The van der Waals surface area contributed by atoms with Crippen LogP contribution in [0.4, 0.5) is 5.82 Å². The molecule has 3 atom stereocenters. The minimum absolute atomic E-state index is 0.0651. The quantitative estimate of drug-likeness (QED) is 0.165. The van der Waals surface area contributed by atoms with Gasteiger partial charge in [-0.1, -0.05) is 73.9 Å². The molecule has 7 nitrogen and oxygen atoms in total. The van der Waals surface area contributed by atoms with Crippen LogP contribution >= 0.6 is 22.9 Å². The highest BCUT2D eigenvalue weighted by atomic mass is 35.5. The summed E-state index contributed by atoms with van der Waals surface area (Å²) in [4.78, 5) is 22.6. The van der Waals surface area contributed by atoms with Crippen LogP contribution in [0, 0.1) is 5.92 Å². The fourth-order valence-corrected chi connectivity index (χ4v) is 14.2. The van der Waals surface area contributed by atoms with Gasteiger partial charge >= 0.3 is 0 Å². The maximum Gasteiger partial charge on any atom is 0.208 e. The fourth-order valence-electron chi connectivity index (χ4n) is 6.29. The van der Waals surface area contributed by atoms with E-state index < -0.39 is 16.6 Å². The summed E-state index contributed by atoms with van der Waals surface area (Å²) in [5, 5.41) is 13.3. The molecule has 1 fully saturated rings. The number of hydrogen-bond donors (Lipinski definition) is 2. The third kappa shape index (κ3) is 7.55. The van der Waals surface area contributed by atoms with Gasteiger partial charge in [0.25, 0.3) is 0 Å². The lowest BCUT2D eigenvalue weighted by Crippen LogP contribution is -2.51. The predicted molar refractivity (Wildman–Crippen MR) is 180 cm³/mol. The number of aliphatic hydroxyl groups excluding tert-OH is 1. The number of aliphatic hydroxyl groups is 1. The van der Waals surface area contributed by atoms with Gasteiger partial charge in [0.1, 0.15) is 12.1 Å². The van der Waals surface area contributed by atoms with E-state index >= 15 is 0 Å². The van der Waals surface area contributed by atoms with Crippen LogP contribution in [0.3, 0.4) is 0 Å². The molecule has 1 saturated carbocycles. The van der Waals surface area contributed by atoms with Crippen LogP contribution in [0.5, 0.6) is 0 Å². The maximum absolute atomic E-state index is 13.5. The normalized spacial score (nSPS) is 20.2. The van der Waals surface area contributed by atoms with E-state index in [4.69, 9.17) is 20.5 Å². The van der Waals surface area contributed by atoms with Crippen molar-refractivity contribution in [2.75, 3.05) is 11.9 Å². The molecular formula is C31H52ClN3O4SSi2. The summed E-state index contributed by atoms with van der Waals surface area (Å²) in [7, 11) is -4.08. The van der Waals surface area contributed by atoms with Crippen molar-refractivity contribution in [2.45, 2.75) is 129 Å². The zero-order valence-electron chi connectivity index (χ0n) is 27.4. The summed E-state index contributed by atoms with van der Waals surface area (Å²) in [6.45, 7) is 25.9. The highest BCUT2D eigenvalue weighted by molar-refractivity contribution is 7.18. The van der Waals surface area contributed by atoms with E-state index in [1.54, 1.807) is 12.3 Å². The van der Waals surface area contributed by atoms with Gasteiger partial charge in [0.2, 0.25) is 14.1 Å². The van der Waals surface area contributed by atoms with Gasteiger partial charge in [-0.25, -0.2) is 9.97 Å². The lowest BCUT2D eigenvalue weighted by atomic mass is 10.1. The standard InChI is InChI=1S/C31H52ClN3O4SSi2/c1-19(2)42(20(3)4,21(5)6)39-26-14-24(12-23(26)17-38-41(10,11)31(7,8)9)35-30-25(15-33-18-34-30)28(37)27-13-22(16-36)29(32)40-27/h13,15,18-21,23-24,26,36H,12,14,16-17H2,1-11H3,(H,33,34,35)/t23-,24-,26+/m1/s1. The predicted octanol–water partition coefficient (Wildman–Crippen LogP) is 8.69. The van der Waals surface area contributed by atoms with Crippen LogP contribution < -0.4 is 5.32 Å². The summed E-state index contributed by atoms with van der Waals surface area (Å²) in [6.07, 6.45) is 4.78. The van der Waals surface area contributed by atoms with Crippen molar-refractivity contribution in [3.8, 4) is 0 Å². The number of thiophene rings is 1. The summed E-state index contributed by atoms with van der Waals surface area (Å²) in [6, 6.07) is 1.72. The third-order valence-electron chi connectivity index (χ3n) is 9.61. The lowest BCUT2D eigenvalue weighted by molar-refractivity contribution is 0.0971. The van der Waals surface area contributed by atoms with E-state index in [0.717, 1.165) is 24.2 Å². The molecule has 0 aliphatic heterocycles. The van der Waals surface area contributed by atoms with Crippen LogP contribution in [0.1, 0.15) is 96.0 Å². The molecule has 2 aromatic rings. The Bertz CT molecular complexity index is 1190. The largest absolute Gasteiger partial charge is 0.416 e. The van der Waals surface area contributed by atoms with Gasteiger partial charge < -0.3 is 19.3 Å². The molecule has 3 rings (SSSR count). The first-order valence-electron chi connectivity index (χ1n) is 15.3. The number of carbonyl (C=O) groups excluding carboxylic acids is 1. The number of nitrogens with zero attached hydrogens (tertiary/aromatic N) is 2. The molecule has 2 N–H and O–H groups in total. The zero-order chi connectivity index (χ0) is 31.6. The van der Waals surface area contributed by atoms with Gasteiger partial charge in [0, 0.05) is 30.3 Å². The van der Waals surface area contributed by atoms with Gasteiger partial charge in [-0.3, -0.25) is 4.79 Å². The Balaban J connectivity index is 1.90. The summed E-state index contributed by atoms with van der Waals surface area (Å²) in [5.41, 5.74) is 2.40. The van der Waals surface area contributed by atoms with Crippen LogP contribution in [0.25, 0.3) is 0 Å². The number of ketones is 1. The Kier molecular flexibility index (Phi) is 11.7. The Hall–Kier alpha value is -1.15. The summed E-state index contributed by atoms with van der Waals surface area (Å²) in [5.74, 6) is 0.544. The highest BCUT2D eigenvalue weighted by Gasteiger charge is 2.50. The summed E-state index contributed by atoms with van der Waals surface area (Å²) >= 11 is 7.40. The number of hydrogen-bond acceptors (Lipinski definition) is 8. The van der Waals surface area contributed by atoms with Crippen LogP contribution in [-0.4, -0.2) is 56.2 Å². The first kappa shape index (κ1) is 35.3. The number of anilines is 1. The molecule has 42 heavy (non-hydrogen) atoms. The molecule has 0 spiro atoms. The van der Waals surface area contributed by atoms with E-state index in [1.165, 1.54) is 6.33 Å². The number of carbonyl (C=O) groups is 1. The molecule has 0 bridgehead atoms. The molecule has 0 saturated heterocycles. The van der Waals surface area contributed by atoms with Crippen molar-refractivity contribution >= 4 is 51.2 Å². The number of rotatable bonds is 13. The zero-order valence-corrected chi connectivity index (χ0v) is 30.9. The van der Waals surface area contributed by atoms with Crippen molar-refractivity contribution in [3.63, 3.8) is 0 Å². The molecule has 236 valence electrons. The Morgan fingerprint density at radius 1 is 1.14 bits per heavy atom. The molecule has 0 radical (unpaired) electrons. The second kappa shape index (κ2) is 13.9. The van der Waals surface area contributed by atoms with Crippen molar-refractivity contribution in [1.82, 2.24) is 9.97 Å². The molecule has 1 aliphatic rings. The second-order valence-electron chi connectivity index (χ2n) is 14.3. The summed E-state index contributed by atoms with van der Waals surface area (Å²) < 4.78 is 14.6. The van der Waals surface area contributed by atoms with Crippen molar-refractivity contribution in [3.05, 3.63) is 38.9 Å². The molecule has 11 heteroatoms. The van der Waals surface area contributed by atoms with Gasteiger partial charge in [-0.05, 0) is 53.7 Å². The highest BCUT2D eigenvalue weighted by Crippen LogP contribution is 2.46. The topological polar surface area (TPSA) is 93.6 Å². The monoisotopic (exact) mass is 653 g/mol. The van der Waals surface area contributed by atoms with Gasteiger partial charge in [-0.2, -0.15) is 0 Å². The van der Waals surface area contributed by atoms with Gasteiger partial charge in [-0.15, -0.1) is 11.3 Å². The Morgan fingerprint density at radius 2 is 1.76 bits per heavy atom. The molecular weight excluding hydrogens is 602 g/mol. The number of halogens is 1. The molecule has 1 aliphatic carbocycles. The third-order valence-corrected chi connectivity index (χ3v) is 21.7. The van der Waals surface area contributed by atoms with E-state index in [9.17, 15) is 9.90 Å². The van der Waals surface area contributed by atoms with Crippen molar-refractivity contribution in [2.24, 2.45) is 5.92 Å². The fraction of sp³-hybridized carbons (Fsp3) is 0.710. The minimum atomic E-state index is -2.13. The first-order chi connectivity index (χ1) is 19.4. The van der Waals surface area contributed by atoms with Gasteiger partial charge in [0.05, 0.1) is 27.5 Å².